The fraction of sp³-hybridized carbons (Fsp3) is 0.500. The Kier molecular flexibility index (Phi) is 4.15. The smallest absolute Gasteiger partial charge is 0.124 e. The Morgan fingerprint density at radius 3 is 2.38 bits per heavy atom. The number of nitrogens with two attached hydrogens (primary N) is 1. The molecule has 0 aliphatic heterocycles. The Morgan fingerprint density at radius 2 is 1.88 bits per heavy atom. The van der Waals surface area contributed by atoms with Crippen LogP contribution in [-0.4, -0.2) is 21.4 Å². The molecule has 4 nitrogen and oxygen atoms in total. The van der Waals surface area contributed by atoms with E-state index in [9.17, 15) is 10.2 Å². The highest BCUT2D eigenvalue weighted by molar-refractivity contribution is 5.41. The summed E-state index contributed by atoms with van der Waals surface area (Å²) in [6, 6.07) is 3.55. The largest absolute Gasteiger partial charge is 0.508 e. The summed E-state index contributed by atoms with van der Waals surface area (Å²) < 4.78 is 0. The van der Waals surface area contributed by atoms with Crippen molar-refractivity contribution in [2.75, 3.05) is 0 Å². The fourth-order valence-corrected chi connectivity index (χ4v) is 1.65. The van der Waals surface area contributed by atoms with E-state index in [4.69, 9.17) is 10.8 Å². The molecule has 2 atom stereocenters. The molecule has 0 unspecified atom stereocenters. The predicted octanol–water partition coefficient (Wildman–Crippen LogP) is 1.50. The van der Waals surface area contributed by atoms with Gasteiger partial charge in [0, 0.05) is 11.6 Å². The molecule has 0 amide bonds. The summed E-state index contributed by atoms with van der Waals surface area (Å²) in [5, 5.41) is 28.6. The van der Waals surface area contributed by atoms with Crippen molar-refractivity contribution in [3.63, 3.8) is 0 Å². The molecule has 0 saturated heterocycles. The number of benzene rings is 1. The number of aliphatic hydroxyl groups is 1. The van der Waals surface area contributed by atoms with Crippen molar-refractivity contribution in [1.29, 1.82) is 0 Å². The second-order valence-corrected chi connectivity index (χ2v) is 4.47. The van der Waals surface area contributed by atoms with Crippen LogP contribution >= 0.6 is 0 Å². The number of hydrogen-bond acceptors (Lipinski definition) is 4. The summed E-state index contributed by atoms with van der Waals surface area (Å²) in [6.07, 6.45) is -0.128. The molecule has 0 radical (unpaired) electrons. The minimum absolute atomic E-state index is 0.0215. The van der Waals surface area contributed by atoms with Gasteiger partial charge in [0.1, 0.15) is 11.5 Å². The zero-order valence-electron chi connectivity index (χ0n) is 9.59. The highest BCUT2D eigenvalue weighted by Crippen LogP contribution is 2.29. The number of phenolic OH excluding ortho intramolecular Hbond substituents is 2. The lowest BCUT2D eigenvalue weighted by molar-refractivity contribution is 0.120. The van der Waals surface area contributed by atoms with Gasteiger partial charge < -0.3 is 21.1 Å². The Bertz CT molecular complexity index is 352. The van der Waals surface area contributed by atoms with Gasteiger partial charge in [0.2, 0.25) is 0 Å². The molecule has 90 valence electrons. The molecule has 4 heteroatoms. The lowest BCUT2D eigenvalue weighted by atomic mass is 9.95. The topological polar surface area (TPSA) is 86.7 Å². The number of phenols is 2. The van der Waals surface area contributed by atoms with Crippen molar-refractivity contribution in [2.45, 2.75) is 32.4 Å². The Hall–Kier alpha value is -1.26. The fourth-order valence-electron chi connectivity index (χ4n) is 1.65. The van der Waals surface area contributed by atoms with E-state index in [1.165, 1.54) is 18.2 Å². The van der Waals surface area contributed by atoms with Gasteiger partial charge in [-0.3, -0.25) is 0 Å². The van der Waals surface area contributed by atoms with E-state index >= 15 is 0 Å². The molecule has 1 aromatic carbocycles. The van der Waals surface area contributed by atoms with Crippen LogP contribution in [-0.2, 0) is 0 Å². The third-order valence-electron chi connectivity index (χ3n) is 2.50. The average Bonchev–Trinajstić information content (AvgIpc) is 2.15. The maximum atomic E-state index is 9.84. The summed E-state index contributed by atoms with van der Waals surface area (Å²) in [6.45, 7) is 3.99. The van der Waals surface area contributed by atoms with Gasteiger partial charge in [-0.2, -0.15) is 0 Å². The lowest BCUT2D eigenvalue weighted by Gasteiger charge is -2.21. The number of aliphatic hydroxyl groups excluding tert-OH is 1. The summed E-state index contributed by atoms with van der Waals surface area (Å²) >= 11 is 0. The maximum Gasteiger partial charge on any atom is 0.124 e. The maximum absolute atomic E-state index is 9.84. The van der Waals surface area contributed by atoms with Crippen molar-refractivity contribution in [3.05, 3.63) is 23.8 Å². The third kappa shape index (κ3) is 3.12. The third-order valence-corrected chi connectivity index (χ3v) is 2.50. The molecule has 0 bridgehead atoms. The summed E-state index contributed by atoms with van der Waals surface area (Å²) in [7, 11) is 0. The van der Waals surface area contributed by atoms with Crippen molar-refractivity contribution in [2.24, 2.45) is 11.7 Å². The molecular formula is C12H19NO3. The highest BCUT2D eigenvalue weighted by Gasteiger charge is 2.20. The average molecular weight is 225 g/mol. The molecule has 0 aliphatic rings. The van der Waals surface area contributed by atoms with Gasteiger partial charge >= 0.3 is 0 Å². The normalized spacial score (nSPS) is 15.1. The Balaban J connectivity index is 2.83. The van der Waals surface area contributed by atoms with Crippen molar-refractivity contribution in [1.82, 2.24) is 0 Å². The molecule has 0 heterocycles. The minimum atomic E-state index is -0.699. The standard InChI is InChI=1S/C12H19NO3/c1-7(2)5-11(16)12(13)9-4-3-8(14)6-10(9)15/h3-4,6-7,11-12,14-16H,5,13H2,1-2H3/t11-,12+/m0/s1. The van der Waals surface area contributed by atoms with Crippen LogP contribution in [0.4, 0.5) is 0 Å². The van der Waals surface area contributed by atoms with Gasteiger partial charge in [-0.1, -0.05) is 13.8 Å². The van der Waals surface area contributed by atoms with Crippen LogP contribution in [0.5, 0.6) is 11.5 Å². The van der Waals surface area contributed by atoms with Crippen LogP contribution in [0.3, 0.4) is 0 Å². The van der Waals surface area contributed by atoms with Gasteiger partial charge in [0.15, 0.2) is 0 Å². The van der Waals surface area contributed by atoms with Crippen LogP contribution in [0.25, 0.3) is 0 Å². The van der Waals surface area contributed by atoms with Crippen molar-refractivity contribution >= 4 is 0 Å². The van der Waals surface area contributed by atoms with Gasteiger partial charge in [-0.05, 0) is 24.5 Å². The second kappa shape index (κ2) is 5.18. The van der Waals surface area contributed by atoms with E-state index < -0.39 is 12.1 Å². The SMILES string of the molecule is CC(C)C[C@H](O)[C@H](N)c1ccc(O)cc1O. The molecule has 5 N–H and O–H groups in total. The van der Waals surface area contributed by atoms with E-state index in [1.54, 1.807) is 0 Å². The van der Waals surface area contributed by atoms with Gasteiger partial charge in [0.25, 0.3) is 0 Å². The van der Waals surface area contributed by atoms with E-state index in [0.717, 1.165) is 0 Å². The number of hydrogen-bond donors (Lipinski definition) is 4. The molecule has 1 aromatic rings. The number of rotatable bonds is 4. The van der Waals surface area contributed by atoms with E-state index in [1.807, 2.05) is 13.8 Å². The van der Waals surface area contributed by atoms with Gasteiger partial charge in [0.05, 0.1) is 12.1 Å². The molecular weight excluding hydrogens is 206 g/mol. The first-order valence-corrected chi connectivity index (χ1v) is 5.37. The van der Waals surface area contributed by atoms with Crippen LogP contribution in [0.15, 0.2) is 18.2 Å². The lowest BCUT2D eigenvalue weighted by Crippen LogP contribution is -2.27. The quantitative estimate of drug-likeness (QED) is 0.625. The first-order chi connectivity index (χ1) is 7.41. The zero-order chi connectivity index (χ0) is 12.3. The van der Waals surface area contributed by atoms with Crippen LogP contribution in [0.2, 0.25) is 0 Å². The van der Waals surface area contributed by atoms with Gasteiger partial charge in [-0.15, -0.1) is 0 Å². The van der Waals surface area contributed by atoms with E-state index in [-0.39, 0.29) is 11.5 Å². The van der Waals surface area contributed by atoms with E-state index in [0.29, 0.717) is 17.9 Å². The van der Waals surface area contributed by atoms with Crippen LogP contribution in [0.1, 0.15) is 31.9 Å². The zero-order valence-corrected chi connectivity index (χ0v) is 9.59. The molecule has 0 aliphatic carbocycles. The Labute approximate surface area is 95.3 Å². The summed E-state index contributed by atoms with van der Waals surface area (Å²) in [5.41, 5.74) is 6.30. The summed E-state index contributed by atoms with van der Waals surface area (Å²) in [4.78, 5) is 0. The van der Waals surface area contributed by atoms with Crippen molar-refractivity contribution < 1.29 is 15.3 Å². The Morgan fingerprint density at radius 1 is 1.25 bits per heavy atom. The molecule has 0 saturated carbocycles. The second-order valence-electron chi connectivity index (χ2n) is 4.47. The minimum Gasteiger partial charge on any atom is -0.508 e. The first kappa shape index (κ1) is 12.8. The summed E-state index contributed by atoms with van der Waals surface area (Å²) in [5.74, 6) is 0.224. The predicted molar refractivity (Wildman–Crippen MR) is 62.2 cm³/mol. The molecule has 16 heavy (non-hydrogen) atoms. The van der Waals surface area contributed by atoms with Crippen molar-refractivity contribution in [3.8, 4) is 11.5 Å². The molecule has 0 fully saturated rings. The monoisotopic (exact) mass is 225 g/mol. The molecule has 0 spiro atoms. The van der Waals surface area contributed by atoms with Gasteiger partial charge in [-0.25, -0.2) is 0 Å². The first-order valence-electron chi connectivity index (χ1n) is 5.37. The van der Waals surface area contributed by atoms with Crippen LogP contribution < -0.4 is 5.73 Å². The number of aromatic hydroxyl groups is 2. The van der Waals surface area contributed by atoms with Crippen LogP contribution in [0, 0.1) is 5.92 Å². The molecule has 0 aromatic heterocycles. The molecule has 1 rings (SSSR count). The highest BCUT2D eigenvalue weighted by atomic mass is 16.3. The van der Waals surface area contributed by atoms with E-state index in [2.05, 4.69) is 0 Å².